The number of hydrogen-bond acceptors (Lipinski definition) is 4. The number of aromatic amines is 1. The normalized spacial score (nSPS) is 10.8. The Balaban J connectivity index is 2.04. The first-order valence-corrected chi connectivity index (χ1v) is 5.93. The van der Waals surface area contributed by atoms with Gasteiger partial charge in [0, 0.05) is 5.39 Å². The van der Waals surface area contributed by atoms with Gasteiger partial charge in [0.1, 0.15) is 5.76 Å². The van der Waals surface area contributed by atoms with Crippen molar-refractivity contribution in [1.82, 2.24) is 10.2 Å². The van der Waals surface area contributed by atoms with Gasteiger partial charge >= 0.3 is 5.97 Å². The summed E-state index contributed by atoms with van der Waals surface area (Å²) in [6.07, 6.45) is 0.310. The van der Waals surface area contributed by atoms with E-state index in [0.717, 1.165) is 5.39 Å². The van der Waals surface area contributed by atoms with Crippen molar-refractivity contribution in [3.05, 3.63) is 64.0 Å². The van der Waals surface area contributed by atoms with Crippen molar-refractivity contribution in [2.45, 2.75) is 6.42 Å². The molecule has 2 heterocycles. The zero-order valence-corrected chi connectivity index (χ0v) is 10.3. The van der Waals surface area contributed by atoms with Crippen LogP contribution in [0.2, 0.25) is 0 Å². The van der Waals surface area contributed by atoms with E-state index in [1.54, 1.807) is 24.3 Å². The van der Waals surface area contributed by atoms with Crippen molar-refractivity contribution in [2.24, 2.45) is 0 Å². The summed E-state index contributed by atoms with van der Waals surface area (Å²) in [7, 11) is 0. The molecule has 2 N–H and O–H groups in total. The molecule has 6 nitrogen and oxygen atoms in total. The number of benzene rings is 1. The quantitative estimate of drug-likeness (QED) is 0.756. The summed E-state index contributed by atoms with van der Waals surface area (Å²) in [4.78, 5) is 22.4. The van der Waals surface area contributed by atoms with Crippen molar-refractivity contribution < 1.29 is 14.3 Å². The Hall–Kier alpha value is -2.89. The maximum atomic E-state index is 11.7. The summed E-state index contributed by atoms with van der Waals surface area (Å²) < 4.78 is 5.20. The largest absolute Gasteiger partial charge is 0.475 e. The highest BCUT2D eigenvalue weighted by Crippen LogP contribution is 2.17. The molecule has 0 aliphatic carbocycles. The Morgan fingerprint density at radius 2 is 1.95 bits per heavy atom. The van der Waals surface area contributed by atoms with Crippen molar-refractivity contribution in [1.29, 1.82) is 0 Å². The highest BCUT2D eigenvalue weighted by atomic mass is 16.4. The van der Waals surface area contributed by atoms with Crippen LogP contribution in [0.25, 0.3) is 10.8 Å². The lowest BCUT2D eigenvalue weighted by Gasteiger charge is -2.02. The summed E-state index contributed by atoms with van der Waals surface area (Å²) in [5.74, 6) is -0.753. The lowest BCUT2D eigenvalue weighted by Crippen LogP contribution is -2.11. The molecular weight excluding hydrogens is 260 g/mol. The van der Waals surface area contributed by atoms with Gasteiger partial charge in [-0.25, -0.2) is 9.89 Å². The van der Waals surface area contributed by atoms with Crippen molar-refractivity contribution in [3.8, 4) is 0 Å². The van der Waals surface area contributed by atoms with E-state index >= 15 is 0 Å². The molecule has 6 heteroatoms. The first-order valence-electron chi connectivity index (χ1n) is 5.93. The Kier molecular flexibility index (Phi) is 2.83. The third-order valence-electron chi connectivity index (χ3n) is 2.99. The predicted octanol–water partition coefficient (Wildman–Crippen LogP) is 1.81. The minimum Gasteiger partial charge on any atom is -0.475 e. The van der Waals surface area contributed by atoms with E-state index in [1.165, 1.54) is 6.07 Å². The van der Waals surface area contributed by atoms with Gasteiger partial charge in [-0.3, -0.25) is 4.79 Å². The molecule has 20 heavy (non-hydrogen) atoms. The van der Waals surface area contributed by atoms with Gasteiger partial charge in [-0.2, -0.15) is 5.10 Å². The Morgan fingerprint density at radius 3 is 2.65 bits per heavy atom. The van der Waals surface area contributed by atoms with Crippen LogP contribution < -0.4 is 5.56 Å². The standard InChI is InChI=1S/C14H10N2O4/c17-13-10-4-2-1-3-9(10)11(15-16-13)7-8-5-6-12(20-8)14(18)19/h1-6H,7H2,(H,16,17)(H,18,19). The van der Waals surface area contributed by atoms with Gasteiger partial charge in [0.25, 0.3) is 5.56 Å². The van der Waals surface area contributed by atoms with Gasteiger partial charge < -0.3 is 9.52 Å². The molecule has 0 aliphatic rings. The smallest absolute Gasteiger partial charge is 0.371 e. The molecule has 1 aromatic carbocycles. The van der Waals surface area contributed by atoms with Gasteiger partial charge in [0.15, 0.2) is 0 Å². The summed E-state index contributed by atoms with van der Waals surface area (Å²) in [6, 6.07) is 10.1. The topological polar surface area (TPSA) is 96.2 Å². The van der Waals surface area contributed by atoms with Gasteiger partial charge in [-0.05, 0) is 18.2 Å². The van der Waals surface area contributed by atoms with E-state index in [9.17, 15) is 9.59 Å². The van der Waals surface area contributed by atoms with Crippen molar-refractivity contribution in [2.75, 3.05) is 0 Å². The highest BCUT2D eigenvalue weighted by Gasteiger charge is 2.12. The second-order valence-electron chi connectivity index (χ2n) is 4.29. The Bertz CT molecular complexity index is 848. The molecule has 0 atom stereocenters. The van der Waals surface area contributed by atoms with E-state index in [-0.39, 0.29) is 11.3 Å². The van der Waals surface area contributed by atoms with Crippen LogP contribution in [0.1, 0.15) is 22.0 Å². The van der Waals surface area contributed by atoms with Crippen LogP contribution in [-0.2, 0) is 6.42 Å². The average molecular weight is 270 g/mol. The SMILES string of the molecule is O=C(O)c1ccc(Cc2n[nH]c(=O)c3ccccc23)o1. The number of carboxylic acid groups (broad SMARTS) is 1. The molecule has 100 valence electrons. The van der Waals surface area contributed by atoms with Gasteiger partial charge in [-0.15, -0.1) is 0 Å². The maximum absolute atomic E-state index is 11.7. The lowest BCUT2D eigenvalue weighted by molar-refractivity contribution is 0.0660. The van der Waals surface area contributed by atoms with Gasteiger partial charge in [0.2, 0.25) is 5.76 Å². The monoisotopic (exact) mass is 270 g/mol. The van der Waals surface area contributed by atoms with E-state index < -0.39 is 5.97 Å². The number of carboxylic acids is 1. The van der Waals surface area contributed by atoms with Crippen LogP contribution >= 0.6 is 0 Å². The zero-order valence-electron chi connectivity index (χ0n) is 10.3. The van der Waals surface area contributed by atoms with Crippen LogP contribution in [0.4, 0.5) is 0 Å². The number of aromatic carboxylic acids is 1. The van der Waals surface area contributed by atoms with Gasteiger partial charge in [-0.1, -0.05) is 18.2 Å². The number of rotatable bonds is 3. The average Bonchev–Trinajstić information content (AvgIpc) is 2.91. The molecular formula is C14H10N2O4. The molecule has 0 bridgehead atoms. The number of H-pyrrole nitrogens is 1. The summed E-state index contributed by atoms with van der Waals surface area (Å²) >= 11 is 0. The predicted molar refractivity (Wildman–Crippen MR) is 70.8 cm³/mol. The Morgan fingerprint density at radius 1 is 1.20 bits per heavy atom. The summed E-state index contributed by atoms with van der Waals surface area (Å²) in [5.41, 5.74) is 0.376. The van der Waals surface area contributed by atoms with Crippen LogP contribution in [0.15, 0.2) is 45.6 Å². The molecule has 0 unspecified atom stereocenters. The number of carbonyl (C=O) groups is 1. The second-order valence-corrected chi connectivity index (χ2v) is 4.29. The maximum Gasteiger partial charge on any atom is 0.371 e. The number of nitrogens with zero attached hydrogens (tertiary/aromatic N) is 1. The van der Waals surface area contributed by atoms with Crippen LogP contribution in [0.3, 0.4) is 0 Å². The molecule has 0 saturated carbocycles. The second kappa shape index (κ2) is 4.65. The molecule has 0 saturated heterocycles. The number of aromatic nitrogens is 2. The third kappa shape index (κ3) is 2.07. The highest BCUT2D eigenvalue weighted by molar-refractivity contribution is 5.85. The third-order valence-corrected chi connectivity index (χ3v) is 2.99. The zero-order chi connectivity index (χ0) is 14.1. The van der Waals surface area contributed by atoms with E-state index in [2.05, 4.69) is 10.2 Å². The fourth-order valence-corrected chi connectivity index (χ4v) is 2.06. The first-order chi connectivity index (χ1) is 9.65. The molecule has 0 radical (unpaired) electrons. The van der Waals surface area contributed by atoms with Crippen LogP contribution in [-0.4, -0.2) is 21.3 Å². The first kappa shape index (κ1) is 12.2. The van der Waals surface area contributed by atoms with Crippen molar-refractivity contribution in [3.63, 3.8) is 0 Å². The number of fused-ring (bicyclic) bond motifs is 1. The van der Waals surface area contributed by atoms with Crippen LogP contribution in [0.5, 0.6) is 0 Å². The molecule has 0 aliphatic heterocycles. The fraction of sp³-hybridized carbons (Fsp3) is 0.0714. The van der Waals surface area contributed by atoms with E-state index in [4.69, 9.17) is 9.52 Å². The fourth-order valence-electron chi connectivity index (χ4n) is 2.06. The molecule has 3 rings (SSSR count). The number of hydrogen-bond donors (Lipinski definition) is 2. The van der Waals surface area contributed by atoms with E-state index in [0.29, 0.717) is 23.3 Å². The van der Waals surface area contributed by atoms with Gasteiger partial charge in [0.05, 0.1) is 17.5 Å². The Labute approximate surface area is 112 Å². The van der Waals surface area contributed by atoms with Crippen molar-refractivity contribution >= 4 is 16.7 Å². The molecule has 0 fully saturated rings. The summed E-state index contributed by atoms with van der Waals surface area (Å²) in [6.45, 7) is 0. The molecule has 3 aromatic rings. The van der Waals surface area contributed by atoms with Crippen LogP contribution in [0, 0.1) is 0 Å². The lowest BCUT2D eigenvalue weighted by atomic mass is 10.1. The molecule has 0 spiro atoms. The van der Waals surface area contributed by atoms with E-state index in [1.807, 2.05) is 6.07 Å². The molecule has 0 amide bonds. The molecule has 2 aromatic heterocycles. The summed E-state index contributed by atoms with van der Waals surface area (Å²) in [5, 5.41) is 16.5. The minimum absolute atomic E-state index is 0.117. The number of furan rings is 1. The number of nitrogens with one attached hydrogen (secondary N) is 1. The minimum atomic E-state index is -1.12.